The van der Waals surface area contributed by atoms with Crippen LogP contribution < -0.4 is 10.6 Å². The van der Waals surface area contributed by atoms with Crippen molar-refractivity contribution in [1.82, 2.24) is 10.6 Å². The predicted octanol–water partition coefficient (Wildman–Crippen LogP) is -3.35. The Kier molecular flexibility index (Phi) is 13.1. The molecule has 0 fully saturated rings. The number of hydrogen-bond donors (Lipinski definition) is 8. The third-order valence-electron chi connectivity index (χ3n) is 4.07. The molecular formula is C17H27N2O11. The second kappa shape index (κ2) is 14.4. The van der Waals surface area contributed by atoms with Crippen molar-refractivity contribution in [2.75, 3.05) is 6.54 Å². The minimum atomic E-state index is -2.38. The summed E-state index contributed by atoms with van der Waals surface area (Å²) in [4.78, 5) is 55.0. The Hall–Kier alpha value is -2.61. The van der Waals surface area contributed by atoms with Crippen LogP contribution in [0.4, 0.5) is 0 Å². The van der Waals surface area contributed by atoms with Crippen molar-refractivity contribution in [3.8, 4) is 0 Å². The van der Waals surface area contributed by atoms with Crippen LogP contribution in [0.25, 0.3) is 0 Å². The molecule has 13 nitrogen and oxygen atoms in total. The minimum Gasteiger partial charge on any atom is -0.480 e. The molecule has 0 spiro atoms. The summed E-state index contributed by atoms with van der Waals surface area (Å²) in [6.07, 6.45) is -6.50. The lowest BCUT2D eigenvalue weighted by atomic mass is 10.0. The lowest BCUT2D eigenvalue weighted by Crippen LogP contribution is -2.52. The molecule has 0 aromatic heterocycles. The van der Waals surface area contributed by atoms with E-state index >= 15 is 0 Å². The third-order valence-corrected chi connectivity index (χ3v) is 4.07. The zero-order valence-corrected chi connectivity index (χ0v) is 16.1. The summed E-state index contributed by atoms with van der Waals surface area (Å²) in [6.45, 7) is 0.0364. The molecule has 171 valence electrons. The molecule has 0 aromatic rings. The first kappa shape index (κ1) is 27.4. The summed E-state index contributed by atoms with van der Waals surface area (Å²) in [5.74, 6) is -4.70. The van der Waals surface area contributed by atoms with E-state index in [1.807, 2.05) is 0 Å². The second-order valence-electron chi connectivity index (χ2n) is 6.45. The van der Waals surface area contributed by atoms with E-state index in [1.165, 1.54) is 0 Å². The number of carboxylic acid groups (broad SMARTS) is 2. The summed E-state index contributed by atoms with van der Waals surface area (Å²) in [7, 11) is 0. The summed E-state index contributed by atoms with van der Waals surface area (Å²) in [6, 6.07) is -1.18. The van der Waals surface area contributed by atoms with Gasteiger partial charge in [0.15, 0.2) is 18.5 Å². The average molecular weight is 435 g/mol. The number of nitrogens with one attached hydrogen (secondary N) is 2. The molecule has 0 aliphatic heterocycles. The van der Waals surface area contributed by atoms with Gasteiger partial charge in [-0.05, 0) is 19.3 Å². The molecule has 8 N–H and O–H groups in total. The highest BCUT2D eigenvalue weighted by atomic mass is 16.4. The van der Waals surface area contributed by atoms with Crippen molar-refractivity contribution in [1.29, 1.82) is 0 Å². The minimum absolute atomic E-state index is 0.0170. The van der Waals surface area contributed by atoms with Crippen molar-refractivity contribution in [2.24, 2.45) is 0 Å². The summed E-state index contributed by atoms with van der Waals surface area (Å²) < 4.78 is 0. The lowest BCUT2D eigenvalue weighted by Gasteiger charge is -2.23. The maximum atomic E-state index is 11.7. The topological polar surface area (TPSA) is 231 Å². The summed E-state index contributed by atoms with van der Waals surface area (Å²) in [5.41, 5.74) is 0. The third kappa shape index (κ3) is 10.2. The smallest absolute Gasteiger partial charge is 0.335 e. The fraction of sp³-hybridized carbons (Fsp3) is 0.706. The van der Waals surface area contributed by atoms with Crippen LogP contribution in [0.2, 0.25) is 0 Å². The average Bonchev–Trinajstić information content (AvgIpc) is 2.70. The number of carbonyl (C=O) groups is 4. The Labute approximate surface area is 171 Å². The van der Waals surface area contributed by atoms with Crippen LogP contribution >= 0.6 is 0 Å². The van der Waals surface area contributed by atoms with Crippen LogP contribution in [0.1, 0.15) is 38.5 Å². The van der Waals surface area contributed by atoms with Gasteiger partial charge in [-0.1, -0.05) is 6.42 Å². The molecule has 0 aliphatic carbocycles. The molecule has 5 atom stereocenters. The van der Waals surface area contributed by atoms with Crippen molar-refractivity contribution >= 4 is 30.0 Å². The number of amides is 2. The molecular weight excluding hydrogens is 408 g/mol. The maximum absolute atomic E-state index is 11.7. The van der Waals surface area contributed by atoms with E-state index in [0.29, 0.717) is 19.3 Å². The molecule has 0 rings (SSSR count). The molecule has 2 amide bonds. The summed E-state index contributed by atoms with van der Waals surface area (Å²) >= 11 is 0. The van der Waals surface area contributed by atoms with E-state index in [0.717, 1.165) is 0 Å². The normalized spacial score (nSPS) is 15.9. The Balaban J connectivity index is 4.13. The van der Waals surface area contributed by atoms with Gasteiger partial charge in [0.05, 0.1) is 0 Å². The zero-order valence-electron chi connectivity index (χ0n) is 16.1. The van der Waals surface area contributed by atoms with Gasteiger partial charge in [-0.15, -0.1) is 0 Å². The van der Waals surface area contributed by atoms with Crippen molar-refractivity contribution < 1.29 is 54.6 Å². The number of rotatable bonds is 16. The number of aliphatic carboxylic acids is 2. The first-order valence-corrected chi connectivity index (χ1v) is 9.12. The van der Waals surface area contributed by atoms with Gasteiger partial charge >= 0.3 is 11.9 Å². The fourth-order valence-corrected chi connectivity index (χ4v) is 2.31. The molecule has 0 saturated carbocycles. The van der Waals surface area contributed by atoms with E-state index in [2.05, 4.69) is 10.6 Å². The van der Waals surface area contributed by atoms with Gasteiger partial charge in [-0.3, -0.25) is 14.4 Å². The number of aliphatic hydroxyl groups excluding tert-OH is 4. The molecule has 13 heteroatoms. The molecule has 0 saturated heterocycles. The molecule has 0 unspecified atom stereocenters. The highest BCUT2D eigenvalue weighted by molar-refractivity contribution is 5.83. The SMILES string of the molecule is O=[C]CC[C@H](NC(=O)CCCCCNC(=O)[C@H](O)[C@H](O)[C@H](O)[C@@H](O)C(=O)O)C(=O)O. The molecule has 0 heterocycles. The van der Waals surface area contributed by atoms with Gasteiger partial charge in [-0.25, -0.2) is 9.59 Å². The summed E-state index contributed by atoms with van der Waals surface area (Å²) in [5, 5.41) is 59.6. The monoisotopic (exact) mass is 435 g/mol. The number of aliphatic hydroxyl groups is 4. The Bertz CT molecular complexity index is 598. The number of unbranched alkanes of at least 4 members (excludes halogenated alkanes) is 2. The van der Waals surface area contributed by atoms with Crippen molar-refractivity contribution in [2.45, 2.75) is 69.0 Å². The van der Waals surface area contributed by atoms with Crippen LogP contribution in [-0.4, -0.2) is 97.7 Å². The van der Waals surface area contributed by atoms with Gasteiger partial charge in [-0.2, -0.15) is 0 Å². The Morgan fingerprint density at radius 1 is 0.833 bits per heavy atom. The van der Waals surface area contributed by atoms with E-state index in [9.17, 15) is 39.3 Å². The molecule has 0 bridgehead atoms. The first-order valence-electron chi connectivity index (χ1n) is 9.12. The molecule has 30 heavy (non-hydrogen) atoms. The largest absolute Gasteiger partial charge is 0.480 e. The van der Waals surface area contributed by atoms with Crippen LogP contribution in [0.15, 0.2) is 0 Å². The van der Waals surface area contributed by atoms with Crippen molar-refractivity contribution in [3.63, 3.8) is 0 Å². The fourth-order valence-electron chi connectivity index (χ4n) is 2.31. The van der Waals surface area contributed by atoms with Crippen LogP contribution in [0, 0.1) is 0 Å². The standard InChI is InChI=1S/C17H27N2O11/c20-8-4-5-9(16(27)28)19-10(21)6-2-1-3-7-18-15(26)13(24)11(22)12(23)14(25)17(29)30/h9,11-14,22-25H,1-7H2,(H,18,26)(H,19,21)(H,27,28)(H,29,30)/t9-,11+,12-,13+,14+/m0/s1. The van der Waals surface area contributed by atoms with E-state index in [-0.39, 0.29) is 25.8 Å². The van der Waals surface area contributed by atoms with Gasteiger partial charge in [0.25, 0.3) is 5.91 Å². The highest BCUT2D eigenvalue weighted by Gasteiger charge is 2.37. The van der Waals surface area contributed by atoms with Gasteiger partial charge in [0, 0.05) is 19.4 Å². The lowest BCUT2D eigenvalue weighted by molar-refractivity contribution is -0.166. The van der Waals surface area contributed by atoms with E-state index < -0.39 is 54.2 Å². The first-order chi connectivity index (χ1) is 14.0. The van der Waals surface area contributed by atoms with E-state index in [4.69, 9.17) is 15.3 Å². The van der Waals surface area contributed by atoms with Crippen LogP contribution in [0.3, 0.4) is 0 Å². The van der Waals surface area contributed by atoms with Gasteiger partial charge in [0.1, 0.15) is 18.2 Å². The Morgan fingerprint density at radius 2 is 1.43 bits per heavy atom. The zero-order chi connectivity index (χ0) is 23.3. The molecule has 0 aromatic carbocycles. The van der Waals surface area contributed by atoms with Crippen LogP contribution in [-0.2, 0) is 24.0 Å². The predicted molar refractivity (Wildman–Crippen MR) is 97.6 cm³/mol. The maximum Gasteiger partial charge on any atom is 0.335 e. The Morgan fingerprint density at radius 3 is 1.97 bits per heavy atom. The van der Waals surface area contributed by atoms with Crippen LogP contribution in [0.5, 0.6) is 0 Å². The quantitative estimate of drug-likeness (QED) is 0.112. The number of carbonyl (C=O) groups excluding carboxylic acids is 3. The molecule has 1 radical (unpaired) electrons. The molecule has 0 aliphatic rings. The number of hydrogen-bond acceptors (Lipinski definition) is 9. The second-order valence-corrected chi connectivity index (χ2v) is 6.45. The van der Waals surface area contributed by atoms with Gasteiger partial charge < -0.3 is 41.3 Å². The van der Waals surface area contributed by atoms with E-state index in [1.54, 1.807) is 6.29 Å². The van der Waals surface area contributed by atoms with Gasteiger partial charge in [0.2, 0.25) is 5.91 Å². The number of carboxylic acids is 2. The van der Waals surface area contributed by atoms with Crippen molar-refractivity contribution in [3.05, 3.63) is 0 Å². The highest BCUT2D eigenvalue weighted by Crippen LogP contribution is 2.06.